The minimum atomic E-state index is -0.119. The number of hydrogen-bond acceptors (Lipinski definition) is 3. The molecular formula is C17H24N4O. The van der Waals surface area contributed by atoms with Crippen LogP contribution < -0.4 is 10.7 Å². The summed E-state index contributed by atoms with van der Waals surface area (Å²) in [5.74, 6) is 0.552. The Kier molecular flexibility index (Phi) is 6.01. The van der Waals surface area contributed by atoms with Crippen molar-refractivity contribution in [3.05, 3.63) is 36.5 Å². The summed E-state index contributed by atoms with van der Waals surface area (Å²) in [7, 11) is 0. The maximum atomic E-state index is 11.3. The molecule has 0 saturated heterocycles. The first kappa shape index (κ1) is 16.1. The van der Waals surface area contributed by atoms with E-state index in [4.69, 9.17) is 0 Å². The van der Waals surface area contributed by atoms with Crippen LogP contribution in [0.25, 0.3) is 11.3 Å². The molecule has 2 aromatic rings. The summed E-state index contributed by atoms with van der Waals surface area (Å²) in [6.45, 7) is 4.54. The third-order valence-corrected chi connectivity index (χ3v) is 3.37. The van der Waals surface area contributed by atoms with E-state index in [0.29, 0.717) is 5.95 Å². The Hall–Kier alpha value is -2.30. The van der Waals surface area contributed by atoms with Gasteiger partial charge < -0.3 is 5.32 Å². The van der Waals surface area contributed by atoms with Crippen LogP contribution in [0.1, 0.15) is 39.5 Å². The van der Waals surface area contributed by atoms with Gasteiger partial charge >= 0.3 is 0 Å². The quantitative estimate of drug-likeness (QED) is 0.732. The van der Waals surface area contributed by atoms with Crippen LogP contribution in [0.15, 0.2) is 36.5 Å². The molecule has 0 spiro atoms. The van der Waals surface area contributed by atoms with Gasteiger partial charge in [-0.1, -0.05) is 56.5 Å². The number of nitrogens with one attached hydrogen (secondary N) is 2. The molecule has 22 heavy (non-hydrogen) atoms. The van der Waals surface area contributed by atoms with Gasteiger partial charge in [-0.2, -0.15) is 0 Å². The molecule has 0 unspecified atom stereocenters. The highest BCUT2D eigenvalue weighted by molar-refractivity contribution is 5.81. The van der Waals surface area contributed by atoms with Crippen LogP contribution in [0.4, 0.5) is 5.95 Å². The summed E-state index contributed by atoms with van der Waals surface area (Å²) in [6.07, 6.45) is 6.61. The minimum Gasteiger partial charge on any atom is -0.354 e. The highest BCUT2D eigenvalue weighted by Gasteiger charge is 2.10. The van der Waals surface area contributed by atoms with Crippen molar-refractivity contribution in [3.8, 4) is 11.3 Å². The topological polar surface area (TPSA) is 59.0 Å². The normalized spacial score (nSPS) is 10.5. The standard InChI is InChI=1S/C17H24N4O/c1-3-4-5-9-12-18-17-19-16(13-21(17)20-14(2)22)15-10-7-6-8-11-15/h6-8,10-11,13H,3-5,9,12H2,1-2H3,(H,18,19)(H,20,22). The number of benzene rings is 1. The van der Waals surface area contributed by atoms with E-state index in [9.17, 15) is 4.79 Å². The van der Waals surface area contributed by atoms with Gasteiger partial charge in [-0.15, -0.1) is 0 Å². The molecular weight excluding hydrogens is 276 g/mol. The van der Waals surface area contributed by atoms with Crippen LogP contribution in [-0.4, -0.2) is 22.1 Å². The average molecular weight is 300 g/mol. The number of amides is 1. The number of imidazole rings is 1. The third kappa shape index (κ3) is 4.62. The Morgan fingerprint density at radius 3 is 2.64 bits per heavy atom. The number of carbonyl (C=O) groups excluding carboxylic acids is 1. The zero-order valence-corrected chi connectivity index (χ0v) is 13.3. The molecule has 0 atom stereocenters. The van der Waals surface area contributed by atoms with Crippen LogP contribution in [0, 0.1) is 0 Å². The van der Waals surface area contributed by atoms with Gasteiger partial charge in [0.15, 0.2) is 0 Å². The largest absolute Gasteiger partial charge is 0.354 e. The van der Waals surface area contributed by atoms with Gasteiger partial charge in [0.1, 0.15) is 0 Å². The lowest BCUT2D eigenvalue weighted by atomic mass is 10.2. The SMILES string of the molecule is CCCCCCNc1nc(-c2ccccc2)cn1NC(C)=O. The van der Waals surface area contributed by atoms with E-state index in [2.05, 4.69) is 22.7 Å². The van der Waals surface area contributed by atoms with Crippen molar-refractivity contribution in [2.45, 2.75) is 39.5 Å². The van der Waals surface area contributed by atoms with Crippen molar-refractivity contribution < 1.29 is 4.79 Å². The van der Waals surface area contributed by atoms with Crippen LogP contribution >= 0.6 is 0 Å². The lowest BCUT2D eigenvalue weighted by molar-refractivity contribution is -0.115. The van der Waals surface area contributed by atoms with Crippen LogP contribution in [0.3, 0.4) is 0 Å². The lowest BCUT2D eigenvalue weighted by Crippen LogP contribution is -2.21. The molecule has 1 heterocycles. The molecule has 1 aromatic carbocycles. The second-order valence-corrected chi connectivity index (χ2v) is 5.34. The van der Waals surface area contributed by atoms with E-state index in [0.717, 1.165) is 24.2 Å². The van der Waals surface area contributed by atoms with Gasteiger partial charge in [-0.05, 0) is 6.42 Å². The van der Waals surface area contributed by atoms with Gasteiger partial charge in [-0.25, -0.2) is 9.66 Å². The number of hydrogen-bond donors (Lipinski definition) is 2. The van der Waals surface area contributed by atoms with Crippen LogP contribution in [0.5, 0.6) is 0 Å². The second kappa shape index (κ2) is 8.22. The number of nitrogens with zero attached hydrogens (tertiary/aromatic N) is 2. The third-order valence-electron chi connectivity index (χ3n) is 3.37. The van der Waals surface area contributed by atoms with E-state index < -0.39 is 0 Å². The fourth-order valence-corrected chi connectivity index (χ4v) is 2.26. The van der Waals surface area contributed by atoms with Gasteiger partial charge in [-0.3, -0.25) is 10.2 Å². The summed E-state index contributed by atoms with van der Waals surface area (Å²) in [5.41, 5.74) is 4.64. The summed E-state index contributed by atoms with van der Waals surface area (Å²) in [4.78, 5) is 15.9. The Bertz CT molecular complexity index is 592. The maximum Gasteiger partial charge on any atom is 0.235 e. The number of unbranched alkanes of at least 4 members (excludes halogenated alkanes) is 3. The van der Waals surface area contributed by atoms with Gasteiger partial charge in [0, 0.05) is 19.0 Å². The van der Waals surface area contributed by atoms with Crippen molar-refractivity contribution in [3.63, 3.8) is 0 Å². The molecule has 2 rings (SSSR count). The zero-order chi connectivity index (χ0) is 15.8. The number of aromatic nitrogens is 2. The first-order chi connectivity index (χ1) is 10.7. The van der Waals surface area contributed by atoms with Crippen molar-refractivity contribution >= 4 is 11.9 Å². The van der Waals surface area contributed by atoms with Gasteiger partial charge in [0.05, 0.1) is 11.9 Å². The summed E-state index contributed by atoms with van der Waals surface area (Å²) in [5, 5.41) is 3.30. The molecule has 0 aliphatic heterocycles. The number of rotatable bonds is 8. The Balaban J connectivity index is 2.09. The maximum absolute atomic E-state index is 11.3. The molecule has 1 aromatic heterocycles. The van der Waals surface area contributed by atoms with Crippen molar-refractivity contribution in [2.75, 3.05) is 17.3 Å². The van der Waals surface area contributed by atoms with Gasteiger partial charge in [0.2, 0.25) is 11.9 Å². The summed E-state index contributed by atoms with van der Waals surface area (Å²) < 4.78 is 1.66. The predicted octanol–water partition coefficient (Wildman–Crippen LogP) is 3.63. The Labute approximate surface area is 131 Å². The van der Waals surface area contributed by atoms with Crippen LogP contribution in [0.2, 0.25) is 0 Å². The van der Waals surface area contributed by atoms with Crippen LogP contribution in [-0.2, 0) is 4.79 Å². The van der Waals surface area contributed by atoms with Gasteiger partial charge in [0.25, 0.3) is 0 Å². The average Bonchev–Trinajstić information content (AvgIpc) is 2.90. The number of carbonyl (C=O) groups is 1. The fraction of sp³-hybridized carbons (Fsp3) is 0.412. The molecule has 0 saturated carbocycles. The van der Waals surface area contributed by atoms with E-state index in [-0.39, 0.29) is 5.91 Å². The monoisotopic (exact) mass is 300 g/mol. The first-order valence-electron chi connectivity index (χ1n) is 7.87. The van der Waals surface area contributed by atoms with E-state index in [1.807, 2.05) is 36.5 Å². The summed E-state index contributed by atoms with van der Waals surface area (Å²) in [6, 6.07) is 9.94. The Morgan fingerprint density at radius 2 is 1.95 bits per heavy atom. The minimum absolute atomic E-state index is 0.119. The molecule has 0 radical (unpaired) electrons. The number of anilines is 1. The first-order valence-corrected chi connectivity index (χ1v) is 7.87. The highest BCUT2D eigenvalue weighted by Crippen LogP contribution is 2.20. The van der Waals surface area contributed by atoms with E-state index in [1.165, 1.54) is 26.2 Å². The molecule has 5 heteroatoms. The molecule has 2 N–H and O–H groups in total. The molecule has 1 amide bonds. The lowest BCUT2D eigenvalue weighted by Gasteiger charge is -2.09. The second-order valence-electron chi connectivity index (χ2n) is 5.34. The molecule has 0 aliphatic rings. The van der Waals surface area contributed by atoms with Crippen molar-refractivity contribution in [2.24, 2.45) is 0 Å². The summed E-state index contributed by atoms with van der Waals surface area (Å²) >= 11 is 0. The smallest absolute Gasteiger partial charge is 0.235 e. The van der Waals surface area contributed by atoms with E-state index in [1.54, 1.807) is 4.68 Å². The molecule has 118 valence electrons. The zero-order valence-electron chi connectivity index (χ0n) is 13.3. The molecule has 5 nitrogen and oxygen atoms in total. The fourth-order valence-electron chi connectivity index (χ4n) is 2.26. The van der Waals surface area contributed by atoms with Crippen molar-refractivity contribution in [1.29, 1.82) is 0 Å². The molecule has 0 aliphatic carbocycles. The molecule has 0 bridgehead atoms. The Morgan fingerprint density at radius 1 is 1.18 bits per heavy atom. The van der Waals surface area contributed by atoms with E-state index >= 15 is 0 Å². The predicted molar refractivity (Wildman–Crippen MR) is 90.3 cm³/mol. The molecule has 0 fully saturated rings. The highest BCUT2D eigenvalue weighted by atomic mass is 16.2. The van der Waals surface area contributed by atoms with Crippen molar-refractivity contribution in [1.82, 2.24) is 9.66 Å².